The quantitative estimate of drug-likeness (QED) is 0.775. The van der Waals surface area contributed by atoms with Crippen LogP contribution in [0.1, 0.15) is 24.8 Å². The van der Waals surface area contributed by atoms with Crippen LogP contribution in [0.4, 0.5) is 5.82 Å². The minimum atomic E-state index is 0.280. The normalized spacial score (nSPS) is 10.9. The number of hydrogen-bond donors (Lipinski definition) is 2. The summed E-state index contributed by atoms with van der Waals surface area (Å²) in [5, 5.41) is 14.1. The van der Waals surface area contributed by atoms with Crippen LogP contribution < -0.4 is 5.32 Å². The first-order valence-electron chi connectivity index (χ1n) is 5.86. The maximum atomic E-state index is 8.69. The molecule has 0 aliphatic heterocycles. The lowest BCUT2D eigenvalue weighted by atomic mass is 10.2. The Morgan fingerprint density at radius 1 is 1.29 bits per heavy atom. The van der Waals surface area contributed by atoms with E-state index in [0.29, 0.717) is 0 Å². The van der Waals surface area contributed by atoms with Gasteiger partial charge in [-0.25, -0.2) is 9.97 Å². The molecule has 0 saturated carbocycles. The molecule has 2 aromatic rings. The summed E-state index contributed by atoms with van der Waals surface area (Å²) >= 11 is 1.68. The highest BCUT2D eigenvalue weighted by molar-refractivity contribution is 7.18. The summed E-state index contributed by atoms with van der Waals surface area (Å²) in [6.45, 7) is 3.24. The summed E-state index contributed by atoms with van der Waals surface area (Å²) in [5.41, 5.74) is 2.25. The standard InChI is InChI=1S/C12H17N3OS/c1-9-7-17-11-10(9)14-8-15-12(11)13-5-3-2-4-6-16/h7-8,16H,2-6H2,1H3,(H,13,14,15). The Morgan fingerprint density at radius 3 is 3.00 bits per heavy atom. The van der Waals surface area contributed by atoms with Crippen LogP contribution in [0, 0.1) is 6.92 Å². The zero-order chi connectivity index (χ0) is 12.1. The van der Waals surface area contributed by atoms with Crippen molar-refractivity contribution in [2.75, 3.05) is 18.5 Å². The van der Waals surface area contributed by atoms with Crippen LogP contribution >= 0.6 is 11.3 Å². The third-order valence-corrected chi connectivity index (χ3v) is 3.75. The molecule has 0 spiro atoms. The number of anilines is 1. The van der Waals surface area contributed by atoms with E-state index >= 15 is 0 Å². The minimum absolute atomic E-state index is 0.280. The number of rotatable bonds is 6. The van der Waals surface area contributed by atoms with E-state index in [4.69, 9.17) is 5.11 Å². The molecule has 0 unspecified atom stereocenters. The van der Waals surface area contributed by atoms with E-state index in [-0.39, 0.29) is 6.61 Å². The summed E-state index contributed by atoms with van der Waals surface area (Å²) in [6.07, 6.45) is 4.58. The average molecular weight is 251 g/mol. The number of nitrogens with one attached hydrogen (secondary N) is 1. The van der Waals surface area contributed by atoms with Crippen LogP contribution in [0.15, 0.2) is 11.7 Å². The molecule has 0 bridgehead atoms. The second kappa shape index (κ2) is 5.93. The van der Waals surface area contributed by atoms with Crippen LogP contribution in [0.2, 0.25) is 0 Å². The number of thiophene rings is 1. The molecule has 5 heteroatoms. The van der Waals surface area contributed by atoms with Gasteiger partial charge in [-0.3, -0.25) is 0 Å². The molecule has 0 atom stereocenters. The second-order valence-electron chi connectivity index (χ2n) is 4.03. The number of aliphatic hydroxyl groups is 1. The van der Waals surface area contributed by atoms with E-state index in [1.165, 1.54) is 5.56 Å². The third-order valence-electron chi connectivity index (χ3n) is 2.66. The van der Waals surface area contributed by atoms with Gasteiger partial charge in [-0.1, -0.05) is 0 Å². The Bertz CT molecular complexity index is 484. The van der Waals surface area contributed by atoms with Gasteiger partial charge in [0.2, 0.25) is 0 Å². The molecule has 0 fully saturated rings. The number of fused-ring (bicyclic) bond motifs is 1. The Morgan fingerprint density at radius 2 is 2.18 bits per heavy atom. The van der Waals surface area contributed by atoms with E-state index in [9.17, 15) is 0 Å². The summed E-state index contributed by atoms with van der Waals surface area (Å²) in [5.74, 6) is 0.928. The van der Waals surface area contributed by atoms with E-state index in [0.717, 1.165) is 41.8 Å². The molecule has 0 aliphatic carbocycles. The van der Waals surface area contributed by atoms with Crippen molar-refractivity contribution in [2.45, 2.75) is 26.2 Å². The van der Waals surface area contributed by atoms with E-state index in [1.807, 2.05) is 0 Å². The van der Waals surface area contributed by atoms with Gasteiger partial charge < -0.3 is 10.4 Å². The third kappa shape index (κ3) is 2.92. The number of unbranched alkanes of at least 4 members (excludes halogenated alkanes) is 2. The van der Waals surface area contributed by atoms with E-state index in [1.54, 1.807) is 17.7 Å². The molecule has 0 amide bonds. The van der Waals surface area contributed by atoms with Gasteiger partial charge in [0, 0.05) is 13.2 Å². The molecule has 4 nitrogen and oxygen atoms in total. The molecule has 0 aliphatic rings. The van der Waals surface area contributed by atoms with Crippen LogP contribution in [-0.4, -0.2) is 28.2 Å². The Hall–Kier alpha value is -1.20. The summed E-state index contributed by atoms with van der Waals surface area (Å²) in [4.78, 5) is 8.56. The lowest BCUT2D eigenvalue weighted by Gasteiger charge is -2.05. The molecule has 0 aromatic carbocycles. The van der Waals surface area contributed by atoms with Crippen LogP contribution in [0.25, 0.3) is 10.2 Å². The van der Waals surface area contributed by atoms with Gasteiger partial charge in [0.1, 0.15) is 12.1 Å². The minimum Gasteiger partial charge on any atom is -0.396 e. The fourth-order valence-corrected chi connectivity index (χ4v) is 2.68. The average Bonchev–Trinajstić information content (AvgIpc) is 2.72. The number of aryl methyl sites for hydroxylation is 1. The highest BCUT2D eigenvalue weighted by atomic mass is 32.1. The van der Waals surface area contributed by atoms with Gasteiger partial charge in [-0.15, -0.1) is 11.3 Å². The van der Waals surface area contributed by atoms with Crippen LogP contribution in [-0.2, 0) is 0 Å². The van der Waals surface area contributed by atoms with Crippen molar-refractivity contribution < 1.29 is 5.11 Å². The monoisotopic (exact) mass is 251 g/mol. The maximum Gasteiger partial charge on any atom is 0.147 e. The van der Waals surface area contributed by atoms with Gasteiger partial charge in [0.25, 0.3) is 0 Å². The molecule has 92 valence electrons. The van der Waals surface area contributed by atoms with Crippen molar-refractivity contribution in [3.8, 4) is 0 Å². The maximum absolute atomic E-state index is 8.69. The molecule has 0 saturated heterocycles. The lowest BCUT2D eigenvalue weighted by Crippen LogP contribution is -2.04. The number of hydrogen-bond acceptors (Lipinski definition) is 5. The SMILES string of the molecule is Cc1csc2c(NCCCCCO)ncnc12. The lowest BCUT2D eigenvalue weighted by molar-refractivity contribution is 0.283. The highest BCUT2D eigenvalue weighted by Gasteiger charge is 2.06. The predicted molar refractivity (Wildman–Crippen MR) is 71.6 cm³/mol. The highest BCUT2D eigenvalue weighted by Crippen LogP contribution is 2.28. The van der Waals surface area contributed by atoms with Crippen molar-refractivity contribution in [3.05, 3.63) is 17.3 Å². The first-order valence-corrected chi connectivity index (χ1v) is 6.74. The molecule has 0 radical (unpaired) electrons. The van der Waals surface area contributed by atoms with Gasteiger partial charge in [0.05, 0.1) is 10.2 Å². The second-order valence-corrected chi connectivity index (χ2v) is 4.91. The van der Waals surface area contributed by atoms with Gasteiger partial charge in [-0.2, -0.15) is 0 Å². The Labute approximate surface area is 105 Å². The molecule has 2 N–H and O–H groups in total. The molecule has 17 heavy (non-hydrogen) atoms. The topological polar surface area (TPSA) is 58.0 Å². The summed E-state index contributed by atoms with van der Waals surface area (Å²) < 4.78 is 1.13. The van der Waals surface area contributed by atoms with Crippen molar-refractivity contribution in [3.63, 3.8) is 0 Å². The molecular weight excluding hydrogens is 234 g/mol. The fourth-order valence-electron chi connectivity index (χ4n) is 1.72. The van der Waals surface area contributed by atoms with Gasteiger partial charge >= 0.3 is 0 Å². The van der Waals surface area contributed by atoms with Crippen molar-refractivity contribution in [1.82, 2.24) is 9.97 Å². The van der Waals surface area contributed by atoms with Crippen LogP contribution in [0.5, 0.6) is 0 Å². The number of aliphatic hydroxyl groups excluding tert-OH is 1. The van der Waals surface area contributed by atoms with Crippen molar-refractivity contribution in [1.29, 1.82) is 0 Å². The summed E-state index contributed by atoms with van der Waals surface area (Å²) in [6, 6.07) is 0. The smallest absolute Gasteiger partial charge is 0.147 e. The zero-order valence-electron chi connectivity index (χ0n) is 9.94. The Kier molecular flexibility index (Phi) is 4.28. The predicted octanol–water partition coefficient (Wildman–Crippen LogP) is 2.57. The number of aromatic nitrogens is 2. The largest absolute Gasteiger partial charge is 0.396 e. The van der Waals surface area contributed by atoms with E-state index in [2.05, 4.69) is 27.6 Å². The Balaban J connectivity index is 1.99. The van der Waals surface area contributed by atoms with Gasteiger partial charge in [-0.05, 0) is 37.1 Å². The zero-order valence-corrected chi connectivity index (χ0v) is 10.8. The van der Waals surface area contributed by atoms with Gasteiger partial charge in [0.15, 0.2) is 0 Å². The fraction of sp³-hybridized carbons (Fsp3) is 0.500. The van der Waals surface area contributed by atoms with E-state index < -0.39 is 0 Å². The molecule has 2 aromatic heterocycles. The molecular formula is C12H17N3OS. The number of nitrogens with zero attached hydrogens (tertiary/aromatic N) is 2. The first-order chi connectivity index (χ1) is 8.33. The van der Waals surface area contributed by atoms with Crippen LogP contribution in [0.3, 0.4) is 0 Å². The first kappa shape index (κ1) is 12.3. The van der Waals surface area contributed by atoms with Crippen molar-refractivity contribution in [2.24, 2.45) is 0 Å². The summed E-state index contributed by atoms with van der Waals surface area (Å²) in [7, 11) is 0. The van der Waals surface area contributed by atoms with Crippen molar-refractivity contribution >= 4 is 27.4 Å². The molecule has 2 rings (SSSR count). The molecule has 2 heterocycles.